The molecule has 1 heterocycles. The van der Waals surface area contributed by atoms with Crippen LogP contribution in [-0.4, -0.2) is 22.7 Å². The Kier molecular flexibility index (Phi) is 4.26. The van der Waals surface area contributed by atoms with Crippen LogP contribution in [0.2, 0.25) is 0 Å². The molecule has 0 aliphatic rings. The number of pyridine rings is 1. The van der Waals surface area contributed by atoms with E-state index in [-0.39, 0.29) is 12.6 Å². The van der Waals surface area contributed by atoms with Crippen LogP contribution >= 0.6 is 0 Å². The average Bonchev–Trinajstić information content (AvgIpc) is 2.48. The van der Waals surface area contributed by atoms with Gasteiger partial charge in [0.15, 0.2) is 0 Å². The van der Waals surface area contributed by atoms with Gasteiger partial charge in [0.05, 0.1) is 24.5 Å². The summed E-state index contributed by atoms with van der Waals surface area (Å²) >= 11 is 0. The highest BCUT2D eigenvalue weighted by Crippen LogP contribution is 2.19. The van der Waals surface area contributed by atoms with Gasteiger partial charge in [-0.25, -0.2) is 4.79 Å². The molecule has 0 amide bonds. The molecule has 2 rings (SSSR count). The first kappa shape index (κ1) is 13.2. The second-order valence-electron chi connectivity index (χ2n) is 4.01. The van der Waals surface area contributed by atoms with E-state index in [0.29, 0.717) is 17.9 Å². The van der Waals surface area contributed by atoms with Gasteiger partial charge in [-0.05, 0) is 30.7 Å². The Morgan fingerprint density at radius 1 is 1.32 bits per heavy atom. The van der Waals surface area contributed by atoms with E-state index in [9.17, 15) is 4.79 Å². The van der Waals surface area contributed by atoms with Gasteiger partial charge in [0.25, 0.3) is 0 Å². The normalized spacial score (nSPS) is 10.2. The van der Waals surface area contributed by atoms with Crippen molar-refractivity contribution in [2.75, 3.05) is 6.61 Å². The summed E-state index contributed by atoms with van der Waals surface area (Å²) in [6, 6.07) is 10.7. The van der Waals surface area contributed by atoms with Crippen molar-refractivity contribution < 1.29 is 14.6 Å². The van der Waals surface area contributed by atoms with Crippen LogP contribution in [0.15, 0.2) is 42.6 Å². The van der Waals surface area contributed by atoms with Crippen LogP contribution in [0, 0.1) is 0 Å². The lowest BCUT2D eigenvalue weighted by Gasteiger charge is -2.05. The SMILES string of the molecule is CCOC(=O)c1ccnc(-c2cccc(CO)c2)c1. The summed E-state index contributed by atoms with van der Waals surface area (Å²) in [6.07, 6.45) is 1.58. The van der Waals surface area contributed by atoms with Crippen molar-refractivity contribution >= 4 is 5.97 Å². The summed E-state index contributed by atoms with van der Waals surface area (Å²) < 4.78 is 4.96. The number of carbonyl (C=O) groups excluding carboxylic acids is 1. The van der Waals surface area contributed by atoms with Gasteiger partial charge in [0, 0.05) is 11.8 Å². The quantitative estimate of drug-likeness (QED) is 0.854. The highest BCUT2D eigenvalue weighted by atomic mass is 16.5. The predicted octanol–water partition coefficient (Wildman–Crippen LogP) is 2.42. The van der Waals surface area contributed by atoms with Gasteiger partial charge in [0.1, 0.15) is 0 Å². The third-order valence-electron chi connectivity index (χ3n) is 2.68. The van der Waals surface area contributed by atoms with Gasteiger partial charge in [0.2, 0.25) is 0 Å². The molecule has 1 aromatic carbocycles. The molecular formula is C15H15NO3. The van der Waals surface area contributed by atoms with Crippen molar-refractivity contribution in [3.63, 3.8) is 0 Å². The van der Waals surface area contributed by atoms with Crippen molar-refractivity contribution in [3.05, 3.63) is 53.7 Å². The number of nitrogens with zero attached hydrogens (tertiary/aromatic N) is 1. The van der Waals surface area contributed by atoms with Crippen molar-refractivity contribution in [3.8, 4) is 11.3 Å². The summed E-state index contributed by atoms with van der Waals surface area (Å²) in [4.78, 5) is 15.9. The number of aromatic nitrogens is 1. The third-order valence-corrected chi connectivity index (χ3v) is 2.68. The van der Waals surface area contributed by atoms with E-state index in [2.05, 4.69) is 4.98 Å². The monoisotopic (exact) mass is 257 g/mol. The molecule has 0 atom stereocenters. The Hall–Kier alpha value is -2.20. The molecule has 0 saturated carbocycles. The zero-order valence-corrected chi connectivity index (χ0v) is 10.7. The zero-order valence-electron chi connectivity index (χ0n) is 10.7. The number of aliphatic hydroxyl groups excluding tert-OH is 1. The average molecular weight is 257 g/mol. The Morgan fingerprint density at radius 2 is 2.16 bits per heavy atom. The van der Waals surface area contributed by atoms with Crippen molar-refractivity contribution in [2.24, 2.45) is 0 Å². The Morgan fingerprint density at radius 3 is 2.89 bits per heavy atom. The smallest absolute Gasteiger partial charge is 0.338 e. The van der Waals surface area contributed by atoms with Gasteiger partial charge >= 0.3 is 5.97 Å². The van der Waals surface area contributed by atoms with E-state index >= 15 is 0 Å². The number of hydrogen-bond donors (Lipinski definition) is 1. The molecule has 1 N–H and O–H groups in total. The van der Waals surface area contributed by atoms with Crippen LogP contribution in [-0.2, 0) is 11.3 Å². The highest BCUT2D eigenvalue weighted by molar-refractivity contribution is 5.90. The highest BCUT2D eigenvalue weighted by Gasteiger charge is 2.08. The van der Waals surface area contributed by atoms with E-state index in [1.165, 1.54) is 0 Å². The Labute approximate surface area is 111 Å². The van der Waals surface area contributed by atoms with Crippen LogP contribution in [0.25, 0.3) is 11.3 Å². The minimum absolute atomic E-state index is 0.0224. The summed E-state index contributed by atoms with van der Waals surface area (Å²) in [5.74, 6) is -0.357. The van der Waals surface area contributed by atoms with E-state index in [1.807, 2.05) is 24.3 Å². The molecule has 98 valence electrons. The van der Waals surface area contributed by atoms with Gasteiger partial charge in [-0.2, -0.15) is 0 Å². The van der Waals surface area contributed by atoms with Crippen LogP contribution in [0.3, 0.4) is 0 Å². The number of carbonyl (C=O) groups is 1. The van der Waals surface area contributed by atoms with Crippen LogP contribution < -0.4 is 0 Å². The third kappa shape index (κ3) is 3.17. The second kappa shape index (κ2) is 6.11. The molecule has 0 radical (unpaired) electrons. The summed E-state index contributed by atoms with van der Waals surface area (Å²) in [5, 5.41) is 9.13. The van der Waals surface area contributed by atoms with Crippen molar-refractivity contribution in [1.29, 1.82) is 0 Å². The number of rotatable bonds is 4. The zero-order chi connectivity index (χ0) is 13.7. The molecule has 0 unspecified atom stereocenters. The first-order valence-corrected chi connectivity index (χ1v) is 6.08. The standard InChI is InChI=1S/C15H15NO3/c1-2-19-15(18)13-6-7-16-14(9-13)12-5-3-4-11(8-12)10-17/h3-9,17H,2,10H2,1H3. The van der Waals surface area contributed by atoms with Crippen molar-refractivity contribution in [1.82, 2.24) is 4.98 Å². The second-order valence-corrected chi connectivity index (χ2v) is 4.01. The van der Waals surface area contributed by atoms with E-state index in [4.69, 9.17) is 9.84 Å². The fourth-order valence-electron chi connectivity index (χ4n) is 1.76. The van der Waals surface area contributed by atoms with Gasteiger partial charge in [-0.15, -0.1) is 0 Å². The number of esters is 1. The molecule has 0 saturated heterocycles. The Balaban J connectivity index is 2.34. The molecule has 4 heteroatoms. The number of ether oxygens (including phenoxy) is 1. The fourth-order valence-corrected chi connectivity index (χ4v) is 1.76. The molecule has 0 aliphatic heterocycles. The molecule has 19 heavy (non-hydrogen) atoms. The first-order valence-electron chi connectivity index (χ1n) is 6.08. The first-order chi connectivity index (χ1) is 9.24. The summed E-state index contributed by atoms with van der Waals surface area (Å²) in [5.41, 5.74) is 2.82. The molecular weight excluding hydrogens is 242 g/mol. The molecule has 0 fully saturated rings. The van der Waals surface area contributed by atoms with Gasteiger partial charge in [-0.1, -0.05) is 18.2 Å². The molecule has 2 aromatic rings. The fraction of sp³-hybridized carbons (Fsp3) is 0.200. The number of hydrogen-bond acceptors (Lipinski definition) is 4. The molecule has 0 bridgehead atoms. The van der Waals surface area contributed by atoms with Crippen LogP contribution in [0.4, 0.5) is 0 Å². The number of benzene rings is 1. The summed E-state index contributed by atoms with van der Waals surface area (Å²) in [7, 11) is 0. The Bertz CT molecular complexity index is 581. The van der Waals surface area contributed by atoms with Crippen LogP contribution in [0.5, 0.6) is 0 Å². The largest absolute Gasteiger partial charge is 0.462 e. The maximum Gasteiger partial charge on any atom is 0.338 e. The maximum atomic E-state index is 11.7. The van der Waals surface area contributed by atoms with E-state index in [1.54, 1.807) is 25.3 Å². The van der Waals surface area contributed by atoms with E-state index < -0.39 is 0 Å². The minimum atomic E-state index is -0.357. The summed E-state index contributed by atoms with van der Waals surface area (Å²) in [6.45, 7) is 2.09. The predicted molar refractivity (Wildman–Crippen MR) is 71.6 cm³/mol. The lowest BCUT2D eigenvalue weighted by atomic mass is 10.1. The lowest BCUT2D eigenvalue weighted by molar-refractivity contribution is 0.0526. The molecule has 4 nitrogen and oxygen atoms in total. The molecule has 0 spiro atoms. The lowest BCUT2D eigenvalue weighted by Crippen LogP contribution is -2.05. The van der Waals surface area contributed by atoms with Crippen LogP contribution in [0.1, 0.15) is 22.8 Å². The maximum absolute atomic E-state index is 11.7. The molecule has 1 aromatic heterocycles. The minimum Gasteiger partial charge on any atom is -0.462 e. The number of aliphatic hydroxyl groups is 1. The molecule has 0 aliphatic carbocycles. The van der Waals surface area contributed by atoms with E-state index in [0.717, 1.165) is 11.1 Å². The van der Waals surface area contributed by atoms with Crippen molar-refractivity contribution in [2.45, 2.75) is 13.5 Å². The van der Waals surface area contributed by atoms with Gasteiger partial charge in [-0.3, -0.25) is 4.98 Å². The van der Waals surface area contributed by atoms with Gasteiger partial charge < -0.3 is 9.84 Å². The topological polar surface area (TPSA) is 59.4 Å².